The number of rotatable bonds is 15. The Morgan fingerprint density at radius 1 is 0.280 bits per heavy atom. The SMILES string of the molecule is O=S(O)OC(Br)(Br)C(Br)(Br)C(Br)(Br)C(Br)(Br)C(Br)(Br)C(Br)(Br)C(Br)(Br)C(Br)(Br)C(Br)(Br)C(Br)(Br)C(Br)(Br)C(Br)(Br)C(Br)(Br)C(Br)(Br)C(Br)(Br)Br. The van der Waals surface area contributed by atoms with Crippen LogP contribution in [-0.4, -0.2) is 56.4 Å². The Morgan fingerprint density at radius 2 is 0.420 bits per heavy atom. The van der Waals surface area contributed by atoms with E-state index in [-0.39, 0.29) is 0 Å². The van der Waals surface area contributed by atoms with E-state index in [1.54, 1.807) is 0 Å². The van der Waals surface area contributed by atoms with Crippen molar-refractivity contribution in [1.82, 2.24) is 0 Å². The van der Waals surface area contributed by atoms with Crippen molar-refractivity contribution in [2.24, 2.45) is 0 Å². The minimum Gasteiger partial charge on any atom is -0.284 e. The van der Waals surface area contributed by atoms with Gasteiger partial charge in [0.2, 0.25) is 3.42 Å². The van der Waals surface area contributed by atoms with Crippen LogP contribution in [0.1, 0.15) is 0 Å². The van der Waals surface area contributed by atoms with E-state index in [9.17, 15) is 8.76 Å². The zero-order valence-electron chi connectivity index (χ0n) is 20.9. The molecule has 3 nitrogen and oxygen atoms in total. The van der Waals surface area contributed by atoms with Crippen LogP contribution in [0.15, 0.2) is 0 Å². The molecule has 0 bridgehead atoms. The first kappa shape index (κ1) is 64.9. The third-order valence-electron chi connectivity index (χ3n) is 5.63. The van der Waals surface area contributed by atoms with Gasteiger partial charge in [0.25, 0.3) is 0 Å². The Hall–Kier alpha value is 15.0. The molecule has 0 saturated carbocycles. The maximum absolute atomic E-state index is 11.7. The van der Waals surface area contributed by atoms with Crippen LogP contribution in [-0.2, 0) is 15.5 Å². The van der Waals surface area contributed by atoms with Crippen molar-refractivity contribution < 1.29 is 12.9 Å². The van der Waals surface area contributed by atoms with E-state index in [1.807, 2.05) is 0 Å². The Balaban J connectivity index is 7.64. The fourth-order valence-electron chi connectivity index (χ4n) is 2.67. The van der Waals surface area contributed by atoms with Gasteiger partial charge in [-0.2, -0.15) is 4.21 Å². The molecule has 0 radical (unpaired) electrons. The molecule has 0 aromatic carbocycles. The molecule has 50 heavy (non-hydrogen) atoms. The van der Waals surface area contributed by atoms with Gasteiger partial charge >= 0.3 is 11.4 Å². The largest absolute Gasteiger partial charge is 0.304 e. The van der Waals surface area contributed by atoms with Gasteiger partial charge < -0.3 is 0 Å². The first-order chi connectivity index (χ1) is 20.9. The predicted molar refractivity (Wildman–Crippen MR) is 330 cm³/mol. The maximum atomic E-state index is 11.7. The van der Waals surface area contributed by atoms with Crippen molar-refractivity contribution in [3.8, 4) is 0 Å². The summed E-state index contributed by atoms with van der Waals surface area (Å²) in [5.41, 5.74) is 0. The zero-order valence-corrected chi connectivity index (χ0v) is 70.9. The predicted octanol–water partition coefficient (Wildman–Crippen LogP) is 22.7. The van der Waals surface area contributed by atoms with E-state index in [0.29, 0.717) is 0 Å². The van der Waals surface area contributed by atoms with Crippen LogP contribution in [0.2, 0.25) is 0 Å². The van der Waals surface area contributed by atoms with Crippen LogP contribution in [0.4, 0.5) is 0 Å². The summed E-state index contributed by atoms with van der Waals surface area (Å²) in [6, 6.07) is 0. The first-order valence-corrected chi connectivity index (χ1v) is 35.7. The smallest absolute Gasteiger partial charge is 0.284 e. The fraction of sp³-hybridized carbons (Fsp3) is 1.00. The minimum absolute atomic E-state index is 0.919. The molecule has 1 N–H and O–H groups in total. The molecule has 35 heteroatoms. The maximum Gasteiger partial charge on any atom is 0.304 e. The molecule has 0 aromatic rings. The van der Waals surface area contributed by atoms with Gasteiger partial charge in [-0.25, -0.2) is 4.18 Å². The second-order valence-corrected chi connectivity index (χ2v) is 64.2. The van der Waals surface area contributed by atoms with Crippen LogP contribution in [0.5, 0.6) is 0 Å². The Labute approximate surface area is 551 Å². The molecule has 0 aliphatic heterocycles. The second-order valence-electron chi connectivity index (χ2n) is 8.78. The number of halogens is 31. The Bertz CT molecular complexity index is 1280. The molecule has 0 spiro atoms. The highest BCUT2D eigenvalue weighted by atomic mass is 80.0. The van der Waals surface area contributed by atoms with E-state index in [1.165, 1.54) is 0 Å². The van der Waals surface area contributed by atoms with Crippen molar-refractivity contribution in [3.63, 3.8) is 0 Å². The van der Waals surface area contributed by atoms with E-state index in [2.05, 4.69) is 494 Å². The summed E-state index contributed by atoms with van der Waals surface area (Å²) in [5, 5.41) is 0. The standard InChI is InChI=1S/C15HBr31O3S/c16-1(17,2(18,19)4(22,23)6(26,27)8(30,31)10(34,35)12(38,39)14(42,43)44)3(20,21)5(24,25)7(28,29)9(32,33)11(36,37)13(40,41)15(45,46)49-50(47)48/h(H,47,48). The lowest BCUT2D eigenvalue weighted by Gasteiger charge is -2.61. The van der Waals surface area contributed by atoms with Gasteiger partial charge in [0.1, 0.15) is 38.8 Å². The number of hydrogen-bond acceptors (Lipinski definition) is 2. The third kappa shape index (κ3) is 11.3. The summed E-state index contributed by atoms with van der Waals surface area (Å²) >= 11 is 115. The molecule has 0 heterocycles. The van der Waals surface area contributed by atoms with Crippen LogP contribution < -0.4 is 0 Å². The molecule has 0 aliphatic rings. The van der Waals surface area contributed by atoms with Crippen LogP contribution in [0.25, 0.3) is 0 Å². The first-order valence-electron chi connectivity index (χ1n) is 10.1. The van der Waals surface area contributed by atoms with Gasteiger partial charge in [0.15, 0.2) is 5.38 Å². The summed E-state index contributed by atoms with van der Waals surface area (Å²) in [7, 11) is 0. The van der Waals surface area contributed by atoms with Crippen molar-refractivity contribution in [2.45, 2.75) is 47.6 Å². The topological polar surface area (TPSA) is 46.5 Å². The van der Waals surface area contributed by atoms with Crippen LogP contribution in [0, 0.1) is 0 Å². The van der Waals surface area contributed by atoms with Gasteiger partial charge in [-0.05, 0) is 31.9 Å². The Morgan fingerprint density at radius 3 is 0.560 bits per heavy atom. The van der Waals surface area contributed by atoms with E-state index < -0.39 is 59.0 Å². The van der Waals surface area contributed by atoms with Crippen LogP contribution in [0.3, 0.4) is 0 Å². The summed E-state index contributed by atoms with van der Waals surface area (Å²) in [6.45, 7) is 0. The van der Waals surface area contributed by atoms with Gasteiger partial charge in [0.05, 0.1) is 0 Å². The second kappa shape index (κ2) is 21.3. The highest BCUT2D eigenvalue weighted by Gasteiger charge is 2.83. The fourth-order valence-corrected chi connectivity index (χ4v) is 34.1. The van der Waals surface area contributed by atoms with Crippen molar-refractivity contribution in [1.29, 1.82) is 0 Å². The highest BCUT2D eigenvalue weighted by Crippen LogP contribution is 2.83. The molecule has 0 rings (SSSR count). The average molecular weight is 2740 g/mol. The molecule has 1 unspecified atom stereocenters. The number of hydrogen-bond donors (Lipinski definition) is 1. The lowest BCUT2D eigenvalue weighted by molar-refractivity contribution is 0.251. The Kier molecular flexibility index (Phi) is 27.7. The van der Waals surface area contributed by atoms with Gasteiger partial charge in [-0.3, -0.25) is 4.55 Å². The van der Waals surface area contributed by atoms with E-state index in [4.69, 9.17) is 4.18 Å². The van der Waals surface area contributed by atoms with E-state index in [0.717, 1.165) is 0 Å². The zero-order chi connectivity index (χ0) is 41.8. The summed E-state index contributed by atoms with van der Waals surface area (Å²) in [6.07, 6.45) is 0. The molecule has 302 valence electrons. The lowest BCUT2D eigenvalue weighted by atomic mass is 10.0. The van der Waals surface area contributed by atoms with Crippen molar-refractivity contribution in [2.75, 3.05) is 0 Å². The summed E-state index contributed by atoms with van der Waals surface area (Å²) < 4.78 is 6.60. The summed E-state index contributed by atoms with van der Waals surface area (Å²) in [5.74, 6) is 0. The molecular weight excluding hydrogens is 2740 g/mol. The third-order valence-corrected chi connectivity index (χ3v) is 71.5. The van der Waals surface area contributed by atoms with Gasteiger partial charge in [-0.1, -0.05) is 462 Å². The quantitative estimate of drug-likeness (QED) is 0.131. The van der Waals surface area contributed by atoms with E-state index >= 15 is 0 Å². The molecule has 1 atom stereocenters. The molecule has 0 fully saturated rings. The molecule has 0 aromatic heterocycles. The average Bonchev–Trinajstić information content (AvgIpc) is 2.85. The highest BCUT2D eigenvalue weighted by molar-refractivity contribution is 9.42. The lowest BCUT2D eigenvalue weighted by Crippen LogP contribution is -2.73. The van der Waals surface area contributed by atoms with Gasteiger partial charge in [-0.15, -0.1) is 0 Å². The van der Waals surface area contributed by atoms with Crippen LogP contribution >= 0.6 is 494 Å². The van der Waals surface area contributed by atoms with Crippen molar-refractivity contribution in [3.05, 3.63) is 0 Å². The molecule has 0 amide bonds. The summed E-state index contributed by atoms with van der Waals surface area (Å²) in [4.78, 5) is 0. The van der Waals surface area contributed by atoms with Crippen molar-refractivity contribution >= 4 is 505 Å². The van der Waals surface area contributed by atoms with Gasteiger partial charge in [0, 0.05) is 0 Å². The molecule has 0 saturated heterocycles. The molecule has 0 aliphatic carbocycles. The minimum atomic E-state index is -2.70. The number of alkyl halides is 31. The molecular formula is C15HBr31O3S. The normalized spacial score (nSPS) is 17.7. The monoisotopic (exact) mass is 2710 g/mol.